The second-order valence-corrected chi connectivity index (χ2v) is 14.1. The van der Waals surface area contributed by atoms with Gasteiger partial charge in [-0.2, -0.15) is 0 Å². The highest BCUT2D eigenvalue weighted by molar-refractivity contribution is 6.25. The maximum Gasteiger partial charge on any atom is 0.165 e. The van der Waals surface area contributed by atoms with Crippen LogP contribution in [0.25, 0.3) is 110 Å². The summed E-state index contributed by atoms with van der Waals surface area (Å²) in [6, 6.07) is 65.2. The number of benzene rings is 9. The summed E-state index contributed by atoms with van der Waals surface area (Å²) < 4.78 is 4.84. The van der Waals surface area contributed by atoms with Gasteiger partial charge < -0.3 is 4.57 Å². The summed E-state index contributed by atoms with van der Waals surface area (Å²) in [5, 5.41) is 11.7. The van der Waals surface area contributed by atoms with E-state index in [1.54, 1.807) is 0 Å². The molecule has 12 aromatic rings. The minimum absolute atomic E-state index is 0.808. The molecular weight excluding hydrogens is 657 g/mol. The molecular formula is C50H30N4. The van der Waals surface area contributed by atoms with E-state index >= 15 is 0 Å². The lowest BCUT2D eigenvalue weighted by atomic mass is 9.99. The van der Waals surface area contributed by atoms with Crippen molar-refractivity contribution in [1.29, 1.82) is 0 Å². The number of hydrogen-bond acceptors (Lipinski definition) is 2. The first-order valence-corrected chi connectivity index (χ1v) is 18.4. The molecule has 9 aromatic carbocycles. The smallest absolute Gasteiger partial charge is 0.165 e. The Bertz CT molecular complexity index is 3500. The van der Waals surface area contributed by atoms with Crippen LogP contribution < -0.4 is 0 Å². The van der Waals surface area contributed by atoms with Crippen molar-refractivity contribution >= 4 is 87.0 Å². The van der Waals surface area contributed by atoms with Crippen molar-refractivity contribution in [2.24, 2.45) is 0 Å². The summed E-state index contributed by atoms with van der Waals surface area (Å²) >= 11 is 0. The molecule has 0 saturated heterocycles. The Hall–Kier alpha value is -7.30. The number of fused-ring (bicyclic) bond motifs is 14. The van der Waals surface area contributed by atoms with E-state index in [-0.39, 0.29) is 0 Å². The monoisotopic (exact) mass is 686 g/mol. The molecule has 4 heteroatoms. The van der Waals surface area contributed by atoms with Crippen molar-refractivity contribution in [3.8, 4) is 22.8 Å². The van der Waals surface area contributed by atoms with E-state index < -0.39 is 0 Å². The molecule has 0 unspecified atom stereocenters. The molecule has 0 aliphatic rings. The van der Waals surface area contributed by atoms with Gasteiger partial charge in [0.2, 0.25) is 0 Å². The summed E-state index contributed by atoms with van der Waals surface area (Å²) in [6.45, 7) is 0. The molecule has 0 radical (unpaired) electrons. The Balaban J connectivity index is 1.32. The van der Waals surface area contributed by atoms with Gasteiger partial charge in [-0.25, -0.2) is 9.97 Å². The zero-order chi connectivity index (χ0) is 35.3. The maximum atomic E-state index is 5.77. The molecule has 0 amide bonds. The first-order chi connectivity index (χ1) is 26.8. The number of para-hydroxylation sites is 2. The normalized spacial score (nSPS) is 12.1. The van der Waals surface area contributed by atoms with E-state index in [4.69, 9.17) is 9.97 Å². The molecule has 0 fully saturated rings. The van der Waals surface area contributed by atoms with Crippen molar-refractivity contribution in [1.82, 2.24) is 19.1 Å². The Labute approximate surface area is 309 Å². The van der Waals surface area contributed by atoms with E-state index in [0.29, 0.717) is 0 Å². The minimum atomic E-state index is 0.808. The van der Waals surface area contributed by atoms with Crippen molar-refractivity contribution in [3.05, 3.63) is 182 Å². The van der Waals surface area contributed by atoms with Crippen molar-refractivity contribution in [2.45, 2.75) is 0 Å². The number of rotatable bonds is 3. The van der Waals surface area contributed by atoms with Crippen LogP contribution in [0.15, 0.2) is 182 Å². The fraction of sp³-hybridized carbons (Fsp3) is 0. The number of hydrogen-bond donors (Lipinski definition) is 0. The van der Waals surface area contributed by atoms with Gasteiger partial charge in [-0.1, -0.05) is 158 Å². The molecule has 3 heterocycles. The van der Waals surface area contributed by atoms with Gasteiger partial charge in [0.25, 0.3) is 0 Å². The molecule has 4 nitrogen and oxygen atoms in total. The quantitative estimate of drug-likeness (QED) is 0.173. The minimum Gasteiger partial charge on any atom is -0.307 e. The van der Waals surface area contributed by atoms with E-state index in [9.17, 15) is 0 Å². The van der Waals surface area contributed by atoms with Gasteiger partial charge in [0, 0.05) is 43.6 Å². The standard InChI is InChI=1S/C50H30N4/c1-2-15-32(16-3-1)45-50(52-47-40-23-9-7-19-36(40)35-18-6-8-22-39(35)46(47)51-45)54-44-25-13-11-21-38(44)42-29-28-41-37-20-10-12-24-43(37)53(48(41)49(42)54)34-27-26-31-14-4-5-17-33(31)30-34/h1-30H. The van der Waals surface area contributed by atoms with Gasteiger partial charge in [-0.3, -0.25) is 4.57 Å². The molecule has 0 aliphatic carbocycles. The molecule has 54 heavy (non-hydrogen) atoms. The zero-order valence-corrected chi connectivity index (χ0v) is 29.1. The highest BCUT2D eigenvalue weighted by Gasteiger charge is 2.25. The Morgan fingerprint density at radius 2 is 0.833 bits per heavy atom. The maximum absolute atomic E-state index is 5.77. The Morgan fingerprint density at radius 1 is 0.333 bits per heavy atom. The summed E-state index contributed by atoms with van der Waals surface area (Å²) in [7, 11) is 0. The SMILES string of the molecule is c1ccc(-c2nc3c4ccccc4c4ccccc4c3nc2-n2c3ccccc3c3ccc4c5ccccc5n(-c5ccc6ccccc6c5)c4c32)cc1. The van der Waals surface area contributed by atoms with Crippen LogP contribution in [0.1, 0.15) is 0 Å². The first-order valence-electron chi connectivity index (χ1n) is 18.4. The van der Waals surface area contributed by atoms with Crippen molar-refractivity contribution in [3.63, 3.8) is 0 Å². The molecule has 12 rings (SSSR count). The van der Waals surface area contributed by atoms with Gasteiger partial charge in [0.15, 0.2) is 5.82 Å². The first kappa shape index (κ1) is 29.3. The number of aromatic nitrogens is 4. The second-order valence-electron chi connectivity index (χ2n) is 14.1. The lowest BCUT2D eigenvalue weighted by Crippen LogP contribution is -2.05. The molecule has 0 bridgehead atoms. The predicted octanol–water partition coefficient (Wildman–Crippen LogP) is 13.0. The molecule has 0 atom stereocenters. The third-order valence-electron chi connectivity index (χ3n) is 11.3. The largest absolute Gasteiger partial charge is 0.307 e. The number of nitrogens with zero attached hydrogens (tertiary/aromatic N) is 4. The fourth-order valence-corrected chi connectivity index (χ4v) is 8.90. The summed E-state index contributed by atoms with van der Waals surface area (Å²) in [5.41, 5.74) is 9.29. The molecule has 0 N–H and O–H groups in total. The van der Waals surface area contributed by atoms with Gasteiger partial charge in [-0.05, 0) is 45.8 Å². The van der Waals surface area contributed by atoms with E-state index in [0.717, 1.165) is 66.6 Å². The molecule has 3 aromatic heterocycles. The van der Waals surface area contributed by atoms with Gasteiger partial charge in [0.05, 0.1) is 33.1 Å². The summed E-state index contributed by atoms with van der Waals surface area (Å²) in [4.78, 5) is 11.4. The third-order valence-corrected chi connectivity index (χ3v) is 11.3. The lowest BCUT2D eigenvalue weighted by Gasteiger charge is -2.17. The highest BCUT2D eigenvalue weighted by Crippen LogP contribution is 2.44. The topological polar surface area (TPSA) is 35.6 Å². The van der Waals surface area contributed by atoms with E-state index in [1.807, 2.05) is 0 Å². The highest BCUT2D eigenvalue weighted by atomic mass is 15.1. The average Bonchev–Trinajstić information content (AvgIpc) is 3.76. The van der Waals surface area contributed by atoms with Crippen LogP contribution in [0.4, 0.5) is 0 Å². The molecule has 0 saturated carbocycles. The second kappa shape index (κ2) is 11.1. The van der Waals surface area contributed by atoms with E-state index in [2.05, 4.69) is 191 Å². The van der Waals surface area contributed by atoms with Crippen LogP contribution in [0.3, 0.4) is 0 Å². The lowest BCUT2D eigenvalue weighted by molar-refractivity contribution is 1.08. The van der Waals surface area contributed by atoms with Crippen molar-refractivity contribution in [2.75, 3.05) is 0 Å². The Morgan fingerprint density at radius 3 is 1.50 bits per heavy atom. The predicted molar refractivity (Wildman–Crippen MR) is 226 cm³/mol. The van der Waals surface area contributed by atoms with Gasteiger partial charge in [0.1, 0.15) is 5.69 Å². The van der Waals surface area contributed by atoms with E-state index in [1.165, 1.54) is 43.1 Å². The van der Waals surface area contributed by atoms with Crippen LogP contribution in [-0.2, 0) is 0 Å². The van der Waals surface area contributed by atoms with Crippen LogP contribution in [0.2, 0.25) is 0 Å². The molecule has 0 aliphatic heterocycles. The third kappa shape index (κ3) is 4.02. The van der Waals surface area contributed by atoms with Gasteiger partial charge in [-0.15, -0.1) is 0 Å². The van der Waals surface area contributed by atoms with Crippen LogP contribution >= 0.6 is 0 Å². The Kier molecular flexibility index (Phi) is 6.02. The van der Waals surface area contributed by atoms with Crippen molar-refractivity contribution < 1.29 is 0 Å². The fourth-order valence-electron chi connectivity index (χ4n) is 8.90. The summed E-state index contributed by atoms with van der Waals surface area (Å²) in [5.74, 6) is 0.808. The molecule has 250 valence electrons. The van der Waals surface area contributed by atoms with Crippen LogP contribution in [0, 0.1) is 0 Å². The molecule has 0 spiro atoms. The van der Waals surface area contributed by atoms with Crippen LogP contribution in [-0.4, -0.2) is 19.1 Å². The average molecular weight is 687 g/mol. The zero-order valence-electron chi connectivity index (χ0n) is 29.1. The van der Waals surface area contributed by atoms with Crippen LogP contribution in [0.5, 0.6) is 0 Å². The summed E-state index contributed by atoms with van der Waals surface area (Å²) in [6.07, 6.45) is 0. The van der Waals surface area contributed by atoms with Gasteiger partial charge >= 0.3 is 0 Å².